The minimum Gasteiger partial charge on any atom is -0.504 e. The van der Waals surface area contributed by atoms with Gasteiger partial charge in [-0.3, -0.25) is 0 Å². The van der Waals surface area contributed by atoms with Crippen molar-refractivity contribution in [2.75, 3.05) is 0 Å². The van der Waals surface area contributed by atoms with Gasteiger partial charge in [-0.05, 0) is 39.8 Å². The SMILES string of the molecule is CC(C)Oc1cc2oc3cc(OC(C)C)c(O)cc3c2cc1O. The molecular formula is C18H20O5. The van der Waals surface area contributed by atoms with Gasteiger partial charge in [-0.25, -0.2) is 0 Å². The number of hydrogen-bond acceptors (Lipinski definition) is 5. The average molecular weight is 316 g/mol. The lowest BCUT2D eigenvalue weighted by Crippen LogP contribution is -2.05. The number of rotatable bonds is 4. The minimum absolute atomic E-state index is 0.0379. The van der Waals surface area contributed by atoms with E-state index in [4.69, 9.17) is 13.9 Å². The molecule has 122 valence electrons. The maximum Gasteiger partial charge on any atom is 0.165 e. The van der Waals surface area contributed by atoms with Crippen LogP contribution in [0.15, 0.2) is 28.7 Å². The van der Waals surface area contributed by atoms with Crippen molar-refractivity contribution in [2.45, 2.75) is 39.9 Å². The zero-order valence-corrected chi connectivity index (χ0v) is 13.6. The predicted molar refractivity (Wildman–Crippen MR) is 88.6 cm³/mol. The molecule has 3 aromatic rings. The van der Waals surface area contributed by atoms with E-state index in [1.54, 1.807) is 24.3 Å². The summed E-state index contributed by atoms with van der Waals surface area (Å²) in [5.74, 6) is 0.815. The number of aromatic hydroxyl groups is 2. The first kappa shape index (κ1) is 15.3. The Labute approximate surface area is 134 Å². The third kappa shape index (κ3) is 2.86. The second-order valence-electron chi connectivity index (χ2n) is 6.07. The van der Waals surface area contributed by atoms with E-state index in [1.165, 1.54) is 0 Å². The van der Waals surface area contributed by atoms with Gasteiger partial charge in [-0.2, -0.15) is 0 Å². The van der Waals surface area contributed by atoms with Crippen LogP contribution in [0.4, 0.5) is 0 Å². The predicted octanol–water partition coefficient (Wildman–Crippen LogP) is 4.57. The highest BCUT2D eigenvalue weighted by atomic mass is 16.5. The Morgan fingerprint density at radius 3 is 1.48 bits per heavy atom. The zero-order valence-electron chi connectivity index (χ0n) is 13.6. The van der Waals surface area contributed by atoms with Gasteiger partial charge in [0.2, 0.25) is 0 Å². The maximum absolute atomic E-state index is 10.1. The van der Waals surface area contributed by atoms with E-state index in [0.717, 1.165) is 0 Å². The van der Waals surface area contributed by atoms with E-state index in [2.05, 4.69) is 0 Å². The monoisotopic (exact) mass is 316 g/mol. The fourth-order valence-electron chi connectivity index (χ4n) is 2.50. The van der Waals surface area contributed by atoms with E-state index in [1.807, 2.05) is 27.7 Å². The van der Waals surface area contributed by atoms with Gasteiger partial charge in [0.15, 0.2) is 23.0 Å². The second kappa shape index (κ2) is 5.57. The highest BCUT2D eigenvalue weighted by molar-refractivity contribution is 6.07. The van der Waals surface area contributed by atoms with Crippen LogP contribution in [-0.2, 0) is 0 Å². The summed E-state index contributed by atoms with van der Waals surface area (Å²) >= 11 is 0. The molecule has 3 rings (SSSR count). The molecule has 0 aliphatic carbocycles. The van der Waals surface area contributed by atoms with Gasteiger partial charge in [0, 0.05) is 22.9 Å². The van der Waals surface area contributed by atoms with Crippen molar-refractivity contribution >= 4 is 21.9 Å². The van der Waals surface area contributed by atoms with Crippen LogP contribution in [0.25, 0.3) is 21.9 Å². The molecular weight excluding hydrogens is 296 g/mol. The molecule has 5 heteroatoms. The fraction of sp³-hybridized carbons (Fsp3) is 0.333. The molecule has 1 heterocycles. The quantitative estimate of drug-likeness (QED) is 0.737. The largest absolute Gasteiger partial charge is 0.504 e. The van der Waals surface area contributed by atoms with Gasteiger partial charge in [-0.1, -0.05) is 0 Å². The fourth-order valence-corrected chi connectivity index (χ4v) is 2.50. The lowest BCUT2D eigenvalue weighted by molar-refractivity contribution is 0.232. The van der Waals surface area contributed by atoms with Crippen LogP contribution in [0, 0.1) is 0 Å². The van der Waals surface area contributed by atoms with Crippen molar-refractivity contribution in [3.8, 4) is 23.0 Å². The minimum atomic E-state index is -0.0576. The molecule has 0 saturated heterocycles. The van der Waals surface area contributed by atoms with Crippen LogP contribution in [-0.4, -0.2) is 22.4 Å². The lowest BCUT2D eigenvalue weighted by atomic mass is 10.1. The van der Waals surface area contributed by atoms with Crippen molar-refractivity contribution in [3.05, 3.63) is 24.3 Å². The number of furan rings is 1. The molecule has 0 spiro atoms. The summed E-state index contributed by atoms with van der Waals surface area (Å²) in [6.07, 6.45) is -0.115. The first-order valence-corrected chi connectivity index (χ1v) is 7.60. The first-order valence-electron chi connectivity index (χ1n) is 7.60. The molecule has 5 nitrogen and oxygen atoms in total. The molecule has 0 fully saturated rings. The summed E-state index contributed by atoms with van der Waals surface area (Å²) in [7, 11) is 0. The van der Waals surface area contributed by atoms with E-state index in [9.17, 15) is 10.2 Å². The molecule has 0 saturated carbocycles. The van der Waals surface area contributed by atoms with Gasteiger partial charge in [0.1, 0.15) is 11.2 Å². The molecule has 2 aromatic carbocycles. The molecule has 0 aliphatic rings. The lowest BCUT2D eigenvalue weighted by Gasteiger charge is -2.11. The standard InChI is InChI=1S/C18H20O5/c1-9(2)21-17-7-15-11(5-13(17)19)12-6-14(20)18(22-10(3)4)8-16(12)23-15/h5-10,19-20H,1-4H3. The Bertz CT molecular complexity index is 791. The normalized spacial score (nSPS) is 11.7. The highest BCUT2D eigenvalue weighted by Gasteiger charge is 2.16. The molecule has 0 bridgehead atoms. The molecule has 0 aliphatic heterocycles. The highest BCUT2D eigenvalue weighted by Crippen LogP contribution is 2.41. The Morgan fingerprint density at radius 1 is 0.739 bits per heavy atom. The summed E-state index contributed by atoms with van der Waals surface area (Å²) in [6, 6.07) is 6.48. The molecule has 0 atom stereocenters. The molecule has 0 radical (unpaired) electrons. The van der Waals surface area contributed by atoms with Crippen molar-refractivity contribution < 1.29 is 24.1 Å². The number of benzene rings is 2. The van der Waals surface area contributed by atoms with Crippen LogP contribution in [0.3, 0.4) is 0 Å². The van der Waals surface area contributed by atoms with Crippen LogP contribution < -0.4 is 9.47 Å². The first-order chi connectivity index (χ1) is 10.8. The number of fused-ring (bicyclic) bond motifs is 3. The third-order valence-electron chi connectivity index (χ3n) is 3.36. The van der Waals surface area contributed by atoms with Crippen molar-refractivity contribution in [2.24, 2.45) is 0 Å². The Kier molecular flexibility index (Phi) is 3.72. The Hall–Kier alpha value is -2.56. The van der Waals surface area contributed by atoms with Crippen LogP contribution in [0.5, 0.6) is 23.0 Å². The van der Waals surface area contributed by atoms with Gasteiger partial charge in [-0.15, -0.1) is 0 Å². The zero-order chi connectivity index (χ0) is 16.7. The number of ether oxygens (including phenoxy) is 2. The van der Waals surface area contributed by atoms with Crippen LogP contribution in [0.1, 0.15) is 27.7 Å². The van der Waals surface area contributed by atoms with Gasteiger partial charge >= 0.3 is 0 Å². The van der Waals surface area contributed by atoms with Crippen molar-refractivity contribution in [1.29, 1.82) is 0 Å². The van der Waals surface area contributed by atoms with E-state index in [-0.39, 0.29) is 23.7 Å². The number of phenolic OH excluding ortho intramolecular Hbond substituents is 2. The average Bonchev–Trinajstić information content (AvgIpc) is 2.75. The van der Waals surface area contributed by atoms with Crippen molar-refractivity contribution in [1.82, 2.24) is 0 Å². The van der Waals surface area contributed by atoms with E-state index < -0.39 is 0 Å². The number of hydrogen-bond donors (Lipinski definition) is 2. The summed E-state index contributed by atoms with van der Waals surface area (Å²) in [4.78, 5) is 0. The molecule has 0 unspecified atom stereocenters. The molecule has 23 heavy (non-hydrogen) atoms. The van der Waals surface area contributed by atoms with Gasteiger partial charge in [0.25, 0.3) is 0 Å². The summed E-state index contributed by atoms with van der Waals surface area (Å²) in [5, 5.41) is 21.7. The maximum atomic E-state index is 10.1. The van der Waals surface area contributed by atoms with Crippen molar-refractivity contribution in [3.63, 3.8) is 0 Å². The van der Waals surface area contributed by atoms with Crippen LogP contribution >= 0.6 is 0 Å². The summed E-state index contributed by atoms with van der Waals surface area (Å²) in [6.45, 7) is 7.54. The Balaban J connectivity index is 2.17. The third-order valence-corrected chi connectivity index (χ3v) is 3.36. The summed E-state index contributed by atoms with van der Waals surface area (Å²) < 4.78 is 17.0. The van der Waals surface area contributed by atoms with E-state index in [0.29, 0.717) is 33.4 Å². The molecule has 1 aromatic heterocycles. The molecule has 2 N–H and O–H groups in total. The molecule has 0 amide bonds. The van der Waals surface area contributed by atoms with Crippen LogP contribution in [0.2, 0.25) is 0 Å². The van der Waals surface area contributed by atoms with Gasteiger partial charge in [0.05, 0.1) is 12.2 Å². The smallest absolute Gasteiger partial charge is 0.165 e. The van der Waals surface area contributed by atoms with Gasteiger partial charge < -0.3 is 24.1 Å². The summed E-state index contributed by atoms with van der Waals surface area (Å²) in [5.41, 5.74) is 1.16. The topological polar surface area (TPSA) is 72.1 Å². The number of phenols is 2. The second-order valence-corrected chi connectivity index (χ2v) is 6.07. The van der Waals surface area contributed by atoms with E-state index >= 15 is 0 Å². The Morgan fingerprint density at radius 2 is 1.13 bits per heavy atom.